The number of rotatable bonds is 6. The van der Waals surface area contributed by atoms with Gasteiger partial charge in [0.15, 0.2) is 4.34 Å². The third kappa shape index (κ3) is 3.95. The zero-order valence-corrected chi connectivity index (χ0v) is 16.6. The number of para-hydroxylation sites is 1. The Labute approximate surface area is 169 Å². The fourth-order valence-electron chi connectivity index (χ4n) is 2.62. The van der Waals surface area contributed by atoms with Crippen LogP contribution in [0, 0.1) is 0 Å². The lowest BCUT2D eigenvalue weighted by molar-refractivity contribution is 0.102. The number of tetrazole rings is 1. The highest BCUT2D eigenvalue weighted by Crippen LogP contribution is 2.33. The number of hydrogen-bond acceptors (Lipinski definition) is 7. The van der Waals surface area contributed by atoms with Crippen LogP contribution in [0.4, 0.5) is 5.00 Å². The number of thiazole rings is 1. The molecule has 0 aliphatic heterocycles. The SMILES string of the molecule is CCc1ccccc1-n1nnnc1Sc1ncc(NC(=O)c2ccccc2)s1. The Hall–Kier alpha value is -3.04. The second-order valence-corrected chi connectivity index (χ2v) is 8.01. The summed E-state index contributed by atoms with van der Waals surface area (Å²) >= 11 is 2.74. The maximum Gasteiger partial charge on any atom is 0.256 e. The zero-order chi connectivity index (χ0) is 19.3. The minimum atomic E-state index is -0.164. The van der Waals surface area contributed by atoms with Crippen molar-refractivity contribution in [1.82, 2.24) is 25.2 Å². The third-order valence-corrected chi connectivity index (χ3v) is 5.90. The Morgan fingerprint density at radius 3 is 2.75 bits per heavy atom. The van der Waals surface area contributed by atoms with Gasteiger partial charge in [0.05, 0.1) is 11.9 Å². The molecule has 28 heavy (non-hydrogen) atoms. The molecule has 0 saturated carbocycles. The van der Waals surface area contributed by atoms with Gasteiger partial charge in [-0.2, -0.15) is 4.68 Å². The first-order valence-electron chi connectivity index (χ1n) is 8.61. The van der Waals surface area contributed by atoms with Crippen LogP contribution in [0.2, 0.25) is 0 Å². The normalized spacial score (nSPS) is 10.8. The Balaban J connectivity index is 1.51. The minimum Gasteiger partial charge on any atom is -0.312 e. The molecule has 140 valence electrons. The predicted octanol–water partition coefficient (Wildman–Crippen LogP) is 4.08. The molecule has 0 spiro atoms. The number of nitrogens with zero attached hydrogens (tertiary/aromatic N) is 5. The second-order valence-electron chi connectivity index (χ2n) is 5.77. The topological polar surface area (TPSA) is 85.6 Å². The molecule has 2 aromatic heterocycles. The van der Waals surface area contributed by atoms with Crippen LogP contribution in [-0.2, 0) is 6.42 Å². The van der Waals surface area contributed by atoms with E-state index < -0.39 is 0 Å². The van der Waals surface area contributed by atoms with Crippen LogP contribution >= 0.6 is 23.1 Å². The lowest BCUT2D eigenvalue weighted by atomic mass is 10.1. The molecule has 0 radical (unpaired) electrons. The fourth-order valence-corrected chi connectivity index (χ4v) is 4.39. The van der Waals surface area contributed by atoms with E-state index in [9.17, 15) is 4.79 Å². The van der Waals surface area contributed by atoms with Gasteiger partial charge in [0.25, 0.3) is 5.91 Å². The first-order chi connectivity index (χ1) is 13.7. The van der Waals surface area contributed by atoms with Crippen LogP contribution in [0.1, 0.15) is 22.8 Å². The number of benzene rings is 2. The molecule has 0 atom stereocenters. The summed E-state index contributed by atoms with van der Waals surface area (Å²) in [6.45, 7) is 2.10. The number of carbonyl (C=O) groups is 1. The number of anilines is 1. The fraction of sp³-hybridized carbons (Fsp3) is 0.105. The first kappa shape index (κ1) is 18.3. The average molecular weight is 409 g/mol. The summed E-state index contributed by atoms with van der Waals surface area (Å²) in [4.78, 5) is 16.6. The van der Waals surface area contributed by atoms with Crippen molar-refractivity contribution in [1.29, 1.82) is 0 Å². The van der Waals surface area contributed by atoms with Crippen LogP contribution in [0.25, 0.3) is 5.69 Å². The Kier molecular flexibility index (Phi) is 5.45. The molecule has 0 aliphatic carbocycles. The first-order valence-corrected chi connectivity index (χ1v) is 10.2. The molecule has 0 aliphatic rings. The number of nitrogens with one attached hydrogen (secondary N) is 1. The summed E-state index contributed by atoms with van der Waals surface area (Å²) in [5.41, 5.74) is 2.71. The maximum absolute atomic E-state index is 12.3. The Morgan fingerprint density at radius 1 is 1.14 bits per heavy atom. The van der Waals surface area contributed by atoms with E-state index >= 15 is 0 Å². The molecular formula is C19H16N6OS2. The van der Waals surface area contributed by atoms with E-state index in [4.69, 9.17) is 0 Å². The van der Waals surface area contributed by atoms with E-state index in [0.717, 1.165) is 22.0 Å². The zero-order valence-electron chi connectivity index (χ0n) is 14.9. The molecule has 0 bridgehead atoms. The van der Waals surface area contributed by atoms with E-state index in [1.807, 2.05) is 36.4 Å². The van der Waals surface area contributed by atoms with E-state index in [1.54, 1.807) is 23.0 Å². The lowest BCUT2D eigenvalue weighted by Crippen LogP contribution is -2.10. The summed E-state index contributed by atoms with van der Waals surface area (Å²) < 4.78 is 2.46. The van der Waals surface area contributed by atoms with E-state index in [0.29, 0.717) is 15.7 Å². The number of hydrogen-bond donors (Lipinski definition) is 1. The van der Waals surface area contributed by atoms with Gasteiger partial charge >= 0.3 is 0 Å². The van der Waals surface area contributed by atoms with Crippen molar-refractivity contribution in [2.75, 3.05) is 5.32 Å². The van der Waals surface area contributed by atoms with Crippen molar-refractivity contribution in [3.05, 3.63) is 71.9 Å². The quantitative estimate of drug-likeness (QED) is 0.517. The summed E-state index contributed by atoms with van der Waals surface area (Å²) in [6.07, 6.45) is 2.52. The van der Waals surface area contributed by atoms with Gasteiger partial charge in [-0.15, -0.1) is 5.10 Å². The number of aryl methyl sites for hydroxylation is 1. The molecule has 1 amide bonds. The van der Waals surface area contributed by atoms with Crippen LogP contribution < -0.4 is 5.32 Å². The summed E-state index contributed by atoms with van der Waals surface area (Å²) in [6, 6.07) is 17.1. The monoisotopic (exact) mass is 408 g/mol. The smallest absolute Gasteiger partial charge is 0.256 e. The highest BCUT2D eigenvalue weighted by molar-refractivity contribution is 8.01. The van der Waals surface area contributed by atoms with E-state index in [-0.39, 0.29) is 5.91 Å². The van der Waals surface area contributed by atoms with Gasteiger partial charge in [0.2, 0.25) is 5.16 Å². The van der Waals surface area contributed by atoms with Crippen molar-refractivity contribution >= 4 is 34.0 Å². The molecule has 2 aromatic carbocycles. The molecule has 2 heterocycles. The Morgan fingerprint density at radius 2 is 1.93 bits per heavy atom. The van der Waals surface area contributed by atoms with Gasteiger partial charge < -0.3 is 5.32 Å². The molecule has 0 unspecified atom stereocenters. The van der Waals surface area contributed by atoms with Gasteiger partial charge in [-0.25, -0.2) is 4.98 Å². The Bertz CT molecular complexity index is 1090. The number of aromatic nitrogens is 5. The van der Waals surface area contributed by atoms with Crippen LogP contribution in [0.5, 0.6) is 0 Å². The summed E-state index contributed by atoms with van der Waals surface area (Å²) in [5.74, 6) is -0.164. The predicted molar refractivity (Wildman–Crippen MR) is 109 cm³/mol. The highest BCUT2D eigenvalue weighted by Gasteiger charge is 2.15. The maximum atomic E-state index is 12.3. The third-order valence-electron chi connectivity index (χ3n) is 3.98. The minimum absolute atomic E-state index is 0.164. The van der Waals surface area contributed by atoms with Crippen LogP contribution in [0.3, 0.4) is 0 Å². The van der Waals surface area contributed by atoms with Crippen molar-refractivity contribution < 1.29 is 4.79 Å². The van der Waals surface area contributed by atoms with Crippen molar-refractivity contribution in [2.45, 2.75) is 22.8 Å². The second kappa shape index (κ2) is 8.32. The van der Waals surface area contributed by atoms with E-state index in [1.165, 1.54) is 23.1 Å². The molecule has 7 nitrogen and oxygen atoms in total. The van der Waals surface area contributed by atoms with Gasteiger partial charge in [0, 0.05) is 5.56 Å². The molecule has 0 fully saturated rings. The average Bonchev–Trinajstić information content (AvgIpc) is 3.38. The molecule has 1 N–H and O–H groups in total. The van der Waals surface area contributed by atoms with Gasteiger partial charge in [-0.1, -0.05) is 54.7 Å². The molecule has 4 aromatic rings. The number of carbonyl (C=O) groups excluding carboxylic acids is 1. The molecule has 0 saturated heterocycles. The molecule has 9 heteroatoms. The van der Waals surface area contributed by atoms with E-state index in [2.05, 4.69) is 38.8 Å². The number of amides is 1. The van der Waals surface area contributed by atoms with Gasteiger partial charge in [-0.05, 0) is 52.4 Å². The largest absolute Gasteiger partial charge is 0.312 e. The lowest BCUT2D eigenvalue weighted by Gasteiger charge is -2.07. The van der Waals surface area contributed by atoms with Gasteiger partial charge in [-0.3, -0.25) is 4.79 Å². The molecule has 4 rings (SSSR count). The van der Waals surface area contributed by atoms with Crippen molar-refractivity contribution in [3.63, 3.8) is 0 Å². The van der Waals surface area contributed by atoms with Crippen molar-refractivity contribution in [2.24, 2.45) is 0 Å². The molecular weight excluding hydrogens is 392 g/mol. The van der Waals surface area contributed by atoms with Crippen LogP contribution in [-0.4, -0.2) is 31.1 Å². The highest BCUT2D eigenvalue weighted by atomic mass is 32.2. The van der Waals surface area contributed by atoms with Gasteiger partial charge in [0.1, 0.15) is 5.00 Å². The van der Waals surface area contributed by atoms with Crippen molar-refractivity contribution in [3.8, 4) is 5.69 Å². The standard InChI is InChI=1S/C19H16N6OS2/c1-2-13-8-6-7-11-15(13)25-18(22-23-24-25)28-19-20-12-16(27-19)21-17(26)14-9-4-3-5-10-14/h3-12H,2H2,1H3,(H,21,26). The van der Waals surface area contributed by atoms with Crippen LogP contribution in [0.15, 0.2) is 70.3 Å². The summed E-state index contributed by atoms with van der Waals surface area (Å²) in [7, 11) is 0. The summed E-state index contributed by atoms with van der Waals surface area (Å²) in [5, 5.41) is 16.2.